The molecule has 0 aromatic heterocycles. The van der Waals surface area contributed by atoms with Crippen molar-refractivity contribution in [3.05, 3.63) is 0 Å². The van der Waals surface area contributed by atoms with E-state index < -0.39 is 11.4 Å². The molecule has 94 valence electrons. The molecule has 0 aromatic rings. The summed E-state index contributed by atoms with van der Waals surface area (Å²) in [4.78, 5) is 13.6. The average Bonchev–Trinajstić information content (AvgIpc) is 2.65. The molecular weight excluding hydrogens is 202 g/mol. The van der Waals surface area contributed by atoms with E-state index in [2.05, 4.69) is 11.8 Å². The fourth-order valence-electron chi connectivity index (χ4n) is 2.52. The number of likely N-dealkylation sites (tertiary alicyclic amines) is 1. The van der Waals surface area contributed by atoms with E-state index >= 15 is 0 Å². The number of nitrogens with zero attached hydrogens (tertiary/aromatic N) is 1. The van der Waals surface area contributed by atoms with Gasteiger partial charge in [0.05, 0.1) is 5.41 Å². The molecule has 1 fully saturated rings. The first-order valence-corrected chi connectivity index (χ1v) is 6.47. The van der Waals surface area contributed by atoms with Crippen molar-refractivity contribution in [1.82, 2.24) is 4.90 Å². The molecule has 1 saturated heterocycles. The first-order valence-electron chi connectivity index (χ1n) is 6.47. The Kier molecular flexibility index (Phi) is 4.78. The number of carbonyl (C=O) groups is 1. The molecule has 0 aliphatic carbocycles. The first kappa shape index (κ1) is 13.5. The normalized spacial score (nSPS) is 25.6. The summed E-state index contributed by atoms with van der Waals surface area (Å²) in [7, 11) is 0. The van der Waals surface area contributed by atoms with Crippen LogP contribution in [0.3, 0.4) is 0 Å². The van der Waals surface area contributed by atoms with Gasteiger partial charge in [-0.15, -0.1) is 0 Å². The largest absolute Gasteiger partial charge is 0.481 e. The van der Waals surface area contributed by atoms with E-state index in [0.717, 1.165) is 19.0 Å². The SMILES string of the molecule is CCCC1CCN(CC(C)(CC)C(=O)O)C1. The van der Waals surface area contributed by atoms with Crippen molar-refractivity contribution in [2.45, 2.75) is 46.5 Å². The molecule has 3 heteroatoms. The molecule has 2 unspecified atom stereocenters. The van der Waals surface area contributed by atoms with Gasteiger partial charge >= 0.3 is 5.97 Å². The van der Waals surface area contributed by atoms with E-state index in [-0.39, 0.29) is 0 Å². The monoisotopic (exact) mass is 227 g/mol. The lowest BCUT2D eigenvalue weighted by atomic mass is 9.87. The number of hydrogen-bond acceptors (Lipinski definition) is 2. The molecule has 16 heavy (non-hydrogen) atoms. The minimum atomic E-state index is -0.658. The maximum atomic E-state index is 11.2. The Hall–Kier alpha value is -0.570. The highest BCUT2D eigenvalue weighted by Crippen LogP contribution is 2.28. The Morgan fingerprint density at radius 1 is 1.50 bits per heavy atom. The quantitative estimate of drug-likeness (QED) is 0.758. The molecule has 2 atom stereocenters. The predicted molar refractivity (Wildman–Crippen MR) is 65.5 cm³/mol. The molecule has 1 aliphatic heterocycles. The van der Waals surface area contributed by atoms with E-state index in [9.17, 15) is 9.90 Å². The van der Waals surface area contributed by atoms with Crippen LogP contribution in [0.2, 0.25) is 0 Å². The predicted octanol–water partition coefficient (Wildman–Crippen LogP) is 2.61. The van der Waals surface area contributed by atoms with Crippen molar-refractivity contribution < 1.29 is 9.90 Å². The van der Waals surface area contributed by atoms with E-state index in [1.54, 1.807) is 0 Å². The van der Waals surface area contributed by atoms with E-state index in [0.29, 0.717) is 13.0 Å². The third-order valence-corrected chi connectivity index (χ3v) is 3.94. The second-order valence-corrected chi connectivity index (χ2v) is 5.40. The molecule has 0 aromatic carbocycles. The summed E-state index contributed by atoms with van der Waals surface area (Å²) in [6, 6.07) is 0. The number of hydrogen-bond donors (Lipinski definition) is 1. The van der Waals surface area contributed by atoms with Gasteiger partial charge in [-0.2, -0.15) is 0 Å². The summed E-state index contributed by atoms with van der Waals surface area (Å²) in [5.41, 5.74) is -0.568. The van der Waals surface area contributed by atoms with Gasteiger partial charge in [0.15, 0.2) is 0 Å². The smallest absolute Gasteiger partial charge is 0.310 e. The van der Waals surface area contributed by atoms with Gasteiger partial charge in [0.1, 0.15) is 0 Å². The van der Waals surface area contributed by atoms with E-state index in [1.807, 2.05) is 13.8 Å². The third kappa shape index (κ3) is 3.21. The van der Waals surface area contributed by atoms with Crippen molar-refractivity contribution >= 4 is 5.97 Å². The van der Waals surface area contributed by atoms with Gasteiger partial charge in [0, 0.05) is 13.1 Å². The van der Waals surface area contributed by atoms with Crippen LogP contribution in [0.15, 0.2) is 0 Å². The first-order chi connectivity index (χ1) is 7.51. The lowest BCUT2D eigenvalue weighted by Crippen LogP contribution is -2.39. The molecular formula is C13H25NO2. The summed E-state index contributed by atoms with van der Waals surface area (Å²) >= 11 is 0. The Labute approximate surface area is 98.8 Å². The fourth-order valence-corrected chi connectivity index (χ4v) is 2.52. The molecule has 1 N–H and O–H groups in total. The second-order valence-electron chi connectivity index (χ2n) is 5.40. The van der Waals surface area contributed by atoms with Crippen LogP contribution in [0.5, 0.6) is 0 Å². The molecule has 0 saturated carbocycles. The topological polar surface area (TPSA) is 40.5 Å². The van der Waals surface area contributed by atoms with Crippen LogP contribution in [0.4, 0.5) is 0 Å². The minimum absolute atomic E-state index is 0.568. The maximum absolute atomic E-state index is 11.2. The highest BCUT2D eigenvalue weighted by molar-refractivity contribution is 5.74. The molecule has 1 heterocycles. The number of carboxylic acids is 1. The van der Waals surface area contributed by atoms with Crippen molar-refractivity contribution in [2.75, 3.05) is 19.6 Å². The van der Waals surface area contributed by atoms with Gasteiger partial charge in [-0.1, -0.05) is 20.3 Å². The summed E-state index contributed by atoms with van der Waals surface area (Å²) in [6.07, 6.45) is 4.47. The maximum Gasteiger partial charge on any atom is 0.310 e. The number of carboxylic acid groups (broad SMARTS) is 1. The summed E-state index contributed by atoms with van der Waals surface area (Å²) in [5, 5.41) is 9.24. The van der Waals surface area contributed by atoms with Gasteiger partial charge in [0.25, 0.3) is 0 Å². The molecule has 1 aliphatic rings. The van der Waals surface area contributed by atoms with Gasteiger partial charge in [-0.3, -0.25) is 4.79 Å². The van der Waals surface area contributed by atoms with Crippen molar-refractivity contribution in [1.29, 1.82) is 0 Å². The Balaban J connectivity index is 2.46. The van der Waals surface area contributed by atoms with Crippen LogP contribution in [0.1, 0.15) is 46.5 Å². The average molecular weight is 227 g/mol. The fraction of sp³-hybridized carbons (Fsp3) is 0.923. The molecule has 0 bridgehead atoms. The van der Waals surface area contributed by atoms with Crippen molar-refractivity contribution in [3.8, 4) is 0 Å². The van der Waals surface area contributed by atoms with Crippen LogP contribution in [-0.4, -0.2) is 35.6 Å². The van der Waals surface area contributed by atoms with Crippen LogP contribution in [-0.2, 0) is 4.79 Å². The highest BCUT2D eigenvalue weighted by atomic mass is 16.4. The zero-order valence-corrected chi connectivity index (χ0v) is 10.8. The van der Waals surface area contributed by atoms with Crippen LogP contribution < -0.4 is 0 Å². The molecule has 0 spiro atoms. The Bertz CT molecular complexity index is 242. The van der Waals surface area contributed by atoms with Gasteiger partial charge in [0.2, 0.25) is 0 Å². The zero-order valence-electron chi connectivity index (χ0n) is 10.8. The molecule has 0 radical (unpaired) electrons. The summed E-state index contributed by atoms with van der Waals surface area (Å²) in [6.45, 7) is 8.93. The Morgan fingerprint density at radius 2 is 2.19 bits per heavy atom. The van der Waals surface area contributed by atoms with Gasteiger partial charge in [-0.05, 0) is 38.6 Å². The molecule has 1 rings (SSSR count). The van der Waals surface area contributed by atoms with Gasteiger partial charge < -0.3 is 10.0 Å². The van der Waals surface area contributed by atoms with Crippen LogP contribution in [0.25, 0.3) is 0 Å². The van der Waals surface area contributed by atoms with Crippen LogP contribution >= 0.6 is 0 Å². The standard InChI is InChI=1S/C13H25NO2/c1-4-6-11-7-8-14(9-11)10-13(3,5-2)12(15)16/h11H,4-10H2,1-3H3,(H,15,16). The van der Waals surface area contributed by atoms with E-state index in [1.165, 1.54) is 19.3 Å². The van der Waals surface area contributed by atoms with Crippen molar-refractivity contribution in [3.63, 3.8) is 0 Å². The minimum Gasteiger partial charge on any atom is -0.481 e. The second kappa shape index (κ2) is 5.67. The number of aliphatic carboxylic acids is 1. The van der Waals surface area contributed by atoms with Crippen molar-refractivity contribution in [2.24, 2.45) is 11.3 Å². The summed E-state index contributed by atoms with van der Waals surface area (Å²) < 4.78 is 0. The van der Waals surface area contributed by atoms with Crippen LogP contribution in [0, 0.1) is 11.3 Å². The Morgan fingerprint density at radius 3 is 2.69 bits per heavy atom. The van der Waals surface area contributed by atoms with E-state index in [4.69, 9.17) is 0 Å². The summed E-state index contributed by atoms with van der Waals surface area (Å²) in [5.74, 6) is 0.133. The third-order valence-electron chi connectivity index (χ3n) is 3.94. The molecule has 3 nitrogen and oxygen atoms in total. The lowest BCUT2D eigenvalue weighted by Gasteiger charge is -2.28. The molecule has 0 amide bonds. The lowest BCUT2D eigenvalue weighted by molar-refractivity contribution is -0.149. The van der Waals surface area contributed by atoms with Gasteiger partial charge in [-0.25, -0.2) is 0 Å². The number of rotatable bonds is 6. The highest BCUT2D eigenvalue weighted by Gasteiger charge is 2.35. The zero-order chi connectivity index (χ0) is 12.2.